The van der Waals surface area contributed by atoms with Gasteiger partial charge in [-0.3, -0.25) is 4.79 Å². The zero-order chi connectivity index (χ0) is 16.1. The van der Waals surface area contributed by atoms with Crippen molar-refractivity contribution >= 4 is 11.8 Å². The summed E-state index contributed by atoms with van der Waals surface area (Å²) >= 11 is 0. The highest BCUT2D eigenvalue weighted by molar-refractivity contribution is 6.16. The number of hydrogen-bond donors (Lipinski definition) is 0. The number of ketones is 1. The molecule has 122 valence electrons. The van der Waals surface area contributed by atoms with Crippen molar-refractivity contribution in [3.63, 3.8) is 0 Å². The Morgan fingerprint density at radius 2 is 1.96 bits per heavy atom. The van der Waals surface area contributed by atoms with Crippen molar-refractivity contribution in [3.05, 3.63) is 22.3 Å². The minimum atomic E-state index is -0.311. The van der Waals surface area contributed by atoms with Gasteiger partial charge >= 0.3 is 5.97 Å². The number of carbonyl (C=O) groups is 2. The summed E-state index contributed by atoms with van der Waals surface area (Å²) in [5.41, 5.74) is 4.18. The Hall–Kier alpha value is -1.38. The molecule has 5 aliphatic rings. The molecule has 0 amide bonds. The fourth-order valence-electron chi connectivity index (χ4n) is 6.54. The Kier molecular flexibility index (Phi) is 2.43. The van der Waals surface area contributed by atoms with E-state index in [1.54, 1.807) is 6.92 Å². The minimum Gasteiger partial charge on any atom is -0.454 e. The minimum absolute atomic E-state index is 0.113. The van der Waals surface area contributed by atoms with Crippen molar-refractivity contribution in [1.82, 2.24) is 0 Å². The summed E-state index contributed by atoms with van der Waals surface area (Å²) < 4.78 is 5.52. The van der Waals surface area contributed by atoms with E-state index < -0.39 is 0 Å². The number of hydrogen-bond acceptors (Lipinski definition) is 3. The molecule has 3 nitrogen and oxygen atoms in total. The predicted octanol–water partition coefficient (Wildman–Crippen LogP) is 3.73. The summed E-state index contributed by atoms with van der Waals surface area (Å²) in [5, 5.41) is 0. The van der Waals surface area contributed by atoms with Gasteiger partial charge in [-0.05, 0) is 67.3 Å². The molecule has 1 heterocycles. The molecule has 0 saturated heterocycles. The van der Waals surface area contributed by atoms with Gasteiger partial charge in [0.05, 0.1) is 5.57 Å². The van der Waals surface area contributed by atoms with Crippen LogP contribution in [0.1, 0.15) is 59.3 Å². The molecule has 0 unspecified atom stereocenters. The Balaban J connectivity index is 1.62. The van der Waals surface area contributed by atoms with Crippen LogP contribution in [0.3, 0.4) is 0 Å². The lowest BCUT2D eigenvalue weighted by molar-refractivity contribution is -0.140. The number of rotatable bonds is 0. The van der Waals surface area contributed by atoms with E-state index in [-0.39, 0.29) is 23.3 Å². The molecule has 3 heteroatoms. The highest BCUT2D eigenvalue weighted by Crippen LogP contribution is 2.73. The second-order valence-electron chi connectivity index (χ2n) is 8.88. The zero-order valence-corrected chi connectivity index (χ0v) is 14.2. The topological polar surface area (TPSA) is 43.4 Å². The van der Waals surface area contributed by atoms with Gasteiger partial charge in [-0.1, -0.05) is 19.4 Å². The lowest BCUT2D eigenvalue weighted by Gasteiger charge is -2.52. The number of Topliss-reactive ketones (excluding diaryl/α,β-unsaturated/α-hetero) is 1. The molecule has 5 atom stereocenters. The van der Waals surface area contributed by atoms with Gasteiger partial charge in [-0.25, -0.2) is 4.79 Å². The zero-order valence-electron chi connectivity index (χ0n) is 14.2. The molecular formula is C20H24O3. The molecule has 2 fully saturated rings. The first-order chi connectivity index (χ1) is 10.9. The Bertz CT molecular complexity index is 727. The molecule has 4 aliphatic carbocycles. The van der Waals surface area contributed by atoms with Crippen molar-refractivity contribution in [2.45, 2.75) is 65.4 Å². The Labute approximate surface area is 137 Å². The molecule has 0 spiro atoms. The molecule has 0 aromatic rings. The van der Waals surface area contributed by atoms with Gasteiger partial charge in [0.2, 0.25) is 0 Å². The molecule has 0 radical (unpaired) electrons. The maximum absolute atomic E-state index is 13.0. The Morgan fingerprint density at radius 1 is 1.17 bits per heavy atom. The molecular weight excluding hydrogens is 288 g/mol. The van der Waals surface area contributed by atoms with Crippen molar-refractivity contribution in [3.8, 4) is 0 Å². The summed E-state index contributed by atoms with van der Waals surface area (Å²) in [5.74, 6) is 1.42. The van der Waals surface area contributed by atoms with Crippen LogP contribution in [0.2, 0.25) is 0 Å². The van der Waals surface area contributed by atoms with Gasteiger partial charge < -0.3 is 4.74 Å². The van der Waals surface area contributed by atoms with Gasteiger partial charge in [0.15, 0.2) is 5.78 Å². The third-order valence-electron chi connectivity index (χ3n) is 7.96. The molecule has 1 aliphatic heterocycles. The normalized spacial score (nSPS) is 47.7. The maximum Gasteiger partial charge on any atom is 0.334 e. The van der Waals surface area contributed by atoms with Crippen LogP contribution in [0.4, 0.5) is 0 Å². The number of ether oxygens (including phenoxy) is 1. The second-order valence-corrected chi connectivity index (χ2v) is 8.88. The summed E-state index contributed by atoms with van der Waals surface area (Å²) in [7, 11) is 0. The average molecular weight is 312 g/mol. The van der Waals surface area contributed by atoms with E-state index in [4.69, 9.17) is 4.74 Å². The van der Waals surface area contributed by atoms with Crippen LogP contribution in [-0.2, 0) is 14.3 Å². The van der Waals surface area contributed by atoms with Crippen LogP contribution < -0.4 is 0 Å². The van der Waals surface area contributed by atoms with Crippen molar-refractivity contribution in [2.24, 2.45) is 22.7 Å². The average Bonchev–Trinajstić information content (AvgIpc) is 3.10. The quantitative estimate of drug-likeness (QED) is 0.640. The van der Waals surface area contributed by atoms with Gasteiger partial charge in [-0.15, -0.1) is 0 Å². The Morgan fingerprint density at radius 3 is 2.74 bits per heavy atom. The van der Waals surface area contributed by atoms with Gasteiger partial charge in [0.1, 0.15) is 6.10 Å². The van der Waals surface area contributed by atoms with Crippen molar-refractivity contribution in [2.75, 3.05) is 0 Å². The van der Waals surface area contributed by atoms with Crippen LogP contribution >= 0.6 is 0 Å². The van der Waals surface area contributed by atoms with Crippen LogP contribution in [0.15, 0.2) is 22.3 Å². The molecule has 23 heavy (non-hydrogen) atoms. The van der Waals surface area contributed by atoms with Crippen LogP contribution in [0.25, 0.3) is 0 Å². The number of esters is 1. The van der Waals surface area contributed by atoms with Crippen molar-refractivity contribution < 1.29 is 14.3 Å². The molecule has 0 aromatic heterocycles. The number of carbonyl (C=O) groups excluding carboxylic acids is 2. The standard InChI is InChI=1S/C20H24O3/c1-10-16-14(23-18(10)22)8-13-12(17(16)21)4-5-15-19(13,2)7-6-11-9-20(11,15)3/h11,14-15H,4-9H2,1-3H3/t11-,14-,15+,19+,20+/m1/s1. The van der Waals surface area contributed by atoms with Crippen LogP contribution in [0.5, 0.6) is 0 Å². The van der Waals surface area contributed by atoms with E-state index in [1.165, 1.54) is 24.8 Å². The van der Waals surface area contributed by atoms with Gasteiger partial charge in [-0.2, -0.15) is 0 Å². The second kappa shape index (κ2) is 3.99. The molecule has 2 saturated carbocycles. The molecule has 5 rings (SSSR count). The fourth-order valence-corrected chi connectivity index (χ4v) is 6.54. The highest BCUT2D eigenvalue weighted by atomic mass is 16.5. The van der Waals surface area contributed by atoms with Crippen LogP contribution in [-0.4, -0.2) is 17.9 Å². The van der Waals surface area contributed by atoms with Crippen molar-refractivity contribution in [1.29, 1.82) is 0 Å². The van der Waals surface area contributed by atoms with E-state index in [1.807, 2.05) is 0 Å². The van der Waals surface area contributed by atoms with E-state index in [0.29, 0.717) is 22.5 Å². The van der Waals surface area contributed by atoms with Gasteiger partial charge in [0.25, 0.3) is 0 Å². The molecule has 0 N–H and O–H groups in total. The largest absolute Gasteiger partial charge is 0.454 e. The first-order valence-corrected chi connectivity index (χ1v) is 9.05. The first kappa shape index (κ1) is 14.0. The summed E-state index contributed by atoms with van der Waals surface area (Å²) in [6, 6.07) is 0. The smallest absolute Gasteiger partial charge is 0.334 e. The molecule has 0 bridgehead atoms. The summed E-state index contributed by atoms with van der Waals surface area (Å²) in [4.78, 5) is 25.0. The SMILES string of the molecule is CC1=C2C(=O)C3=C(C[C@H]2OC1=O)[C@]1(C)CC[C@@H]2C[C@]2(C)[C@H]1CC3. The van der Waals surface area contributed by atoms with E-state index in [9.17, 15) is 9.59 Å². The monoisotopic (exact) mass is 312 g/mol. The third kappa shape index (κ3) is 1.52. The third-order valence-corrected chi connectivity index (χ3v) is 7.96. The highest BCUT2D eigenvalue weighted by Gasteiger charge is 2.65. The summed E-state index contributed by atoms with van der Waals surface area (Å²) in [6.07, 6.45) is 6.34. The maximum atomic E-state index is 13.0. The van der Waals surface area contributed by atoms with Gasteiger partial charge in [0, 0.05) is 12.0 Å². The lowest BCUT2D eigenvalue weighted by Crippen LogP contribution is -2.45. The predicted molar refractivity (Wildman–Crippen MR) is 85.5 cm³/mol. The van der Waals surface area contributed by atoms with E-state index in [0.717, 1.165) is 30.8 Å². The number of fused-ring (bicyclic) bond motifs is 5. The first-order valence-electron chi connectivity index (χ1n) is 9.05. The fraction of sp³-hybridized carbons (Fsp3) is 0.700. The van der Waals surface area contributed by atoms with Crippen LogP contribution in [0, 0.1) is 22.7 Å². The van der Waals surface area contributed by atoms with E-state index in [2.05, 4.69) is 13.8 Å². The lowest BCUT2D eigenvalue weighted by atomic mass is 9.52. The molecule has 0 aromatic carbocycles. The number of allylic oxidation sites excluding steroid dienone is 1. The van der Waals surface area contributed by atoms with E-state index >= 15 is 0 Å². The summed E-state index contributed by atoms with van der Waals surface area (Å²) in [6.45, 7) is 6.59.